The summed E-state index contributed by atoms with van der Waals surface area (Å²) in [5.41, 5.74) is 4.50. The van der Waals surface area contributed by atoms with Crippen LogP contribution >= 0.6 is 0 Å². The van der Waals surface area contributed by atoms with Gasteiger partial charge in [0.1, 0.15) is 6.33 Å². The molecular formula is C28H35N5O2. The van der Waals surface area contributed by atoms with Crippen LogP contribution in [0.15, 0.2) is 60.9 Å². The molecular weight excluding hydrogens is 438 g/mol. The summed E-state index contributed by atoms with van der Waals surface area (Å²) in [6.07, 6.45) is 2.77. The molecule has 2 aromatic carbocycles. The highest BCUT2D eigenvalue weighted by atomic mass is 16.5. The van der Waals surface area contributed by atoms with Gasteiger partial charge in [0.15, 0.2) is 5.69 Å². The highest BCUT2D eigenvalue weighted by Gasteiger charge is 2.31. The van der Waals surface area contributed by atoms with Gasteiger partial charge in [-0.05, 0) is 30.5 Å². The van der Waals surface area contributed by atoms with E-state index in [1.807, 2.05) is 23.1 Å². The van der Waals surface area contributed by atoms with E-state index in [1.54, 1.807) is 6.33 Å². The highest BCUT2D eigenvalue weighted by Crippen LogP contribution is 2.30. The van der Waals surface area contributed by atoms with Crippen LogP contribution in [0.1, 0.15) is 30.8 Å². The fraction of sp³-hybridized carbons (Fsp3) is 0.429. The number of nitrogens with one attached hydrogen (secondary N) is 1. The molecule has 0 radical (unpaired) electrons. The Morgan fingerprint density at radius 1 is 1.06 bits per heavy atom. The molecule has 1 amide bonds. The van der Waals surface area contributed by atoms with Crippen LogP contribution in [0.4, 0.5) is 5.69 Å². The van der Waals surface area contributed by atoms with Crippen molar-refractivity contribution < 1.29 is 9.53 Å². The lowest BCUT2D eigenvalue weighted by Gasteiger charge is -2.37. The zero-order chi connectivity index (χ0) is 24.2. The number of hydrogen-bond acceptors (Lipinski definition) is 5. The van der Waals surface area contributed by atoms with Crippen LogP contribution in [0, 0.1) is 5.92 Å². The summed E-state index contributed by atoms with van der Waals surface area (Å²) in [5, 5.41) is 3.46. The second kappa shape index (κ2) is 10.6. The second-order valence-electron chi connectivity index (χ2n) is 9.78. The van der Waals surface area contributed by atoms with Gasteiger partial charge >= 0.3 is 0 Å². The molecule has 0 bridgehead atoms. The van der Waals surface area contributed by atoms with E-state index >= 15 is 0 Å². The van der Waals surface area contributed by atoms with Crippen LogP contribution < -0.4 is 10.2 Å². The first-order valence-corrected chi connectivity index (χ1v) is 12.7. The van der Waals surface area contributed by atoms with E-state index in [1.165, 1.54) is 0 Å². The zero-order valence-corrected chi connectivity index (χ0v) is 20.7. The van der Waals surface area contributed by atoms with Gasteiger partial charge in [0.05, 0.1) is 18.9 Å². The van der Waals surface area contributed by atoms with Gasteiger partial charge in [0.2, 0.25) is 0 Å². The van der Waals surface area contributed by atoms with Crippen molar-refractivity contribution >= 4 is 11.6 Å². The predicted octanol–water partition coefficient (Wildman–Crippen LogP) is 3.84. The summed E-state index contributed by atoms with van der Waals surface area (Å²) in [7, 11) is 0. The molecule has 184 valence electrons. The third-order valence-corrected chi connectivity index (χ3v) is 6.86. The molecule has 2 aliphatic heterocycles. The first-order chi connectivity index (χ1) is 17.1. The first kappa shape index (κ1) is 23.6. The smallest absolute Gasteiger partial charge is 0.275 e. The summed E-state index contributed by atoms with van der Waals surface area (Å²) in [4.78, 5) is 23.0. The molecule has 3 heterocycles. The Morgan fingerprint density at radius 2 is 1.83 bits per heavy atom. The minimum absolute atomic E-state index is 0.0130. The number of morpholine rings is 1. The molecule has 0 unspecified atom stereocenters. The first-order valence-electron chi connectivity index (χ1n) is 12.7. The number of nitrogens with zero attached hydrogens (tertiary/aromatic N) is 4. The number of benzene rings is 2. The molecule has 5 rings (SSSR count). The lowest BCUT2D eigenvalue weighted by molar-refractivity contribution is 0.0605. The maximum absolute atomic E-state index is 13.9. The summed E-state index contributed by atoms with van der Waals surface area (Å²) < 4.78 is 7.59. The van der Waals surface area contributed by atoms with Gasteiger partial charge in [0.25, 0.3) is 5.91 Å². The molecule has 1 atom stereocenters. The fourth-order valence-electron chi connectivity index (χ4n) is 5.15. The summed E-state index contributed by atoms with van der Waals surface area (Å²) in [6, 6.07) is 18.8. The Labute approximate surface area is 207 Å². The zero-order valence-electron chi connectivity index (χ0n) is 20.7. The Balaban J connectivity index is 1.54. The number of imidazole rings is 1. The van der Waals surface area contributed by atoms with Gasteiger partial charge in [-0.2, -0.15) is 0 Å². The molecule has 2 fully saturated rings. The second-order valence-corrected chi connectivity index (χ2v) is 9.78. The van der Waals surface area contributed by atoms with Crippen molar-refractivity contribution in [3.8, 4) is 16.9 Å². The monoisotopic (exact) mass is 473 g/mol. The fourth-order valence-corrected chi connectivity index (χ4v) is 5.15. The molecule has 7 heteroatoms. The molecule has 2 saturated heterocycles. The largest absolute Gasteiger partial charge is 0.378 e. The topological polar surface area (TPSA) is 62.6 Å². The van der Waals surface area contributed by atoms with Crippen molar-refractivity contribution in [2.75, 3.05) is 50.8 Å². The van der Waals surface area contributed by atoms with E-state index in [2.05, 4.69) is 65.0 Å². The molecule has 0 saturated carbocycles. The SMILES string of the molecule is CC(C)C[C@@H]1CNCCN1C(=O)c1ncn(-c2cccc(N3CCOCC3)c2)c1-c1ccccc1. The van der Waals surface area contributed by atoms with E-state index < -0.39 is 0 Å². The number of carbonyl (C=O) groups is 1. The maximum atomic E-state index is 13.9. The van der Waals surface area contributed by atoms with Crippen molar-refractivity contribution in [1.29, 1.82) is 0 Å². The van der Waals surface area contributed by atoms with E-state index in [9.17, 15) is 4.79 Å². The lowest BCUT2D eigenvalue weighted by atomic mass is 10.00. The quantitative estimate of drug-likeness (QED) is 0.590. The van der Waals surface area contributed by atoms with Crippen molar-refractivity contribution in [3.05, 3.63) is 66.6 Å². The number of hydrogen-bond donors (Lipinski definition) is 1. The average molecular weight is 474 g/mol. The third kappa shape index (κ3) is 5.11. The number of rotatable bonds is 6. The minimum atomic E-state index is 0.0130. The Bertz CT molecular complexity index is 1140. The normalized spacial score (nSPS) is 18.8. The van der Waals surface area contributed by atoms with Crippen molar-refractivity contribution in [2.45, 2.75) is 26.3 Å². The molecule has 0 spiro atoms. The van der Waals surface area contributed by atoms with Gasteiger partial charge in [-0.15, -0.1) is 0 Å². The summed E-state index contributed by atoms with van der Waals surface area (Å²) in [5.74, 6) is 0.531. The number of piperazine rings is 1. The van der Waals surface area contributed by atoms with Crippen LogP contribution in [0.25, 0.3) is 16.9 Å². The van der Waals surface area contributed by atoms with Crippen molar-refractivity contribution in [1.82, 2.24) is 19.8 Å². The number of anilines is 1. The Morgan fingerprint density at radius 3 is 2.60 bits per heavy atom. The summed E-state index contributed by atoms with van der Waals surface area (Å²) >= 11 is 0. The van der Waals surface area contributed by atoms with Crippen LogP contribution in [0.5, 0.6) is 0 Å². The molecule has 2 aliphatic rings. The molecule has 7 nitrogen and oxygen atoms in total. The number of aromatic nitrogens is 2. The van der Waals surface area contributed by atoms with Crippen LogP contribution in [0.3, 0.4) is 0 Å². The van der Waals surface area contributed by atoms with E-state index in [0.717, 1.165) is 68.4 Å². The number of ether oxygens (including phenoxy) is 1. The van der Waals surface area contributed by atoms with Gasteiger partial charge < -0.3 is 19.9 Å². The molecule has 3 aromatic rings. The standard InChI is InChI=1S/C28H35N5O2/c1-21(2)17-25-19-29-11-12-32(25)28(34)26-27(22-7-4-3-5-8-22)33(20-30-26)24-10-6-9-23(18-24)31-13-15-35-16-14-31/h3-10,18,20-21,25,29H,11-17,19H2,1-2H3/t25-/m1/s1. The molecule has 0 aliphatic carbocycles. The number of carbonyl (C=O) groups excluding carboxylic acids is 1. The Kier molecular flexibility index (Phi) is 7.16. The average Bonchev–Trinajstić information content (AvgIpc) is 3.35. The van der Waals surface area contributed by atoms with E-state index in [4.69, 9.17) is 9.72 Å². The minimum Gasteiger partial charge on any atom is -0.378 e. The molecule has 1 aromatic heterocycles. The van der Waals surface area contributed by atoms with Crippen LogP contribution in [0.2, 0.25) is 0 Å². The number of amides is 1. The van der Waals surface area contributed by atoms with Crippen LogP contribution in [-0.4, -0.2) is 72.3 Å². The maximum Gasteiger partial charge on any atom is 0.275 e. The summed E-state index contributed by atoms with van der Waals surface area (Å²) in [6.45, 7) is 9.99. The van der Waals surface area contributed by atoms with Gasteiger partial charge in [-0.3, -0.25) is 9.36 Å². The third-order valence-electron chi connectivity index (χ3n) is 6.86. The molecule has 35 heavy (non-hydrogen) atoms. The van der Waals surface area contributed by atoms with Gasteiger partial charge in [-0.25, -0.2) is 4.98 Å². The lowest BCUT2D eigenvalue weighted by Crippen LogP contribution is -2.54. The van der Waals surface area contributed by atoms with Crippen molar-refractivity contribution in [2.24, 2.45) is 5.92 Å². The molecule has 1 N–H and O–H groups in total. The van der Waals surface area contributed by atoms with E-state index in [0.29, 0.717) is 18.2 Å². The van der Waals surface area contributed by atoms with Gasteiger partial charge in [0, 0.05) is 55.7 Å². The Hall–Kier alpha value is -3.16. The van der Waals surface area contributed by atoms with E-state index in [-0.39, 0.29) is 11.9 Å². The highest BCUT2D eigenvalue weighted by molar-refractivity contribution is 5.99. The predicted molar refractivity (Wildman–Crippen MR) is 139 cm³/mol. The van der Waals surface area contributed by atoms with Gasteiger partial charge in [-0.1, -0.05) is 50.2 Å². The van der Waals surface area contributed by atoms with Crippen LogP contribution in [-0.2, 0) is 4.74 Å². The van der Waals surface area contributed by atoms with Crippen molar-refractivity contribution in [3.63, 3.8) is 0 Å².